The molecule has 0 radical (unpaired) electrons. The van der Waals surface area contributed by atoms with Crippen LogP contribution >= 0.6 is 11.6 Å². The van der Waals surface area contributed by atoms with Gasteiger partial charge in [0.2, 0.25) is 11.8 Å². The molecule has 8 nitrogen and oxygen atoms in total. The molecule has 184 valence electrons. The fourth-order valence-electron chi connectivity index (χ4n) is 4.73. The number of hydrogen-bond acceptors (Lipinski definition) is 5. The summed E-state index contributed by atoms with van der Waals surface area (Å²) >= 11 is 6.14. The number of hydrogen-bond donors (Lipinski definition) is 1. The number of rotatable bonds is 8. The first kappa shape index (κ1) is 24.5. The van der Waals surface area contributed by atoms with E-state index in [9.17, 15) is 9.59 Å². The van der Waals surface area contributed by atoms with Gasteiger partial charge in [-0.05, 0) is 43.7 Å². The second-order valence-electron chi connectivity index (χ2n) is 9.35. The van der Waals surface area contributed by atoms with E-state index in [2.05, 4.69) is 22.1 Å². The van der Waals surface area contributed by atoms with Crippen molar-refractivity contribution in [2.24, 2.45) is 5.92 Å². The third-order valence-corrected chi connectivity index (χ3v) is 7.04. The van der Waals surface area contributed by atoms with E-state index in [0.717, 1.165) is 44.6 Å². The normalized spacial score (nSPS) is 21.5. The number of halogens is 1. The molecule has 2 saturated heterocycles. The predicted octanol–water partition coefficient (Wildman–Crippen LogP) is 2.85. The SMILES string of the molecule is CN1CCN(C(=O)C[C@H]2CN(C(=O)CCCc3cn[nH]c3)CC[C@@H]2Oc2cccc(Cl)c2)CC1. The fraction of sp³-hybridized carbons (Fsp3) is 0.560. The van der Waals surface area contributed by atoms with Gasteiger partial charge in [-0.25, -0.2) is 0 Å². The Morgan fingerprint density at radius 1 is 1.15 bits per heavy atom. The van der Waals surface area contributed by atoms with Crippen LogP contribution in [0.25, 0.3) is 0 Å². The van der Waals surface area contributed by atoms with E-state index in [1.54, 1.807) is 12.3 Å². The zero-order valence-electron chi connectivity index (χ0n) is 19.8. The summed E-state index contributed by atoms with van der Waals surface area (Å²) in [4.78, 5) is 32.2. The minimum atomic E-state index is -0.134. The molecule has 4 rings (SSSR count). The average Bonchev–Trinajstić information content (AvgIpc) is 3.34. The number of H-pyrrole nitrogens is 1. The van der Waals surface area contributed by atoms with Crippen LogP contribution in [-0.4, -0.2) is 89.1 Å². The van der Waals surface area contributed by atoms with Gasteiger partial charge in [-0.15, -0.1) is 0 Å². The third-order valence-electron chi connectivity index (χ3n) is 6.80. The molecule has 0 saturated carbocycles. The van der Waals surface area contributed by atoms with Crippen LogP contribution in [0.2, 0.25) is 5.02 Å². The van der Waals surface area contributed by atoms with Crippen LogP contribution in [0.1, 0.15) is 31.2 Å². The maximum absolute atomic E-state index is 13.1. The molecule has 0 aliphatic carbocycles. The highest BCUT2D eigenvalue weighted by Crippen LogP contribution is 2.28. The lowest BCUT2D eigenvalue weighted by atomic mass is 9.90. The Morgan fingerprint density at radius 2 is 1.97 bits per heavy atom. The lowest BCUT2D eigenvalue weighted by Gasteiger charge is -2.40. The van der Waals surface area contributed by atoms with Gasteiger partial charge in [0.1, 0.15) is 11.9 Å². The number of piperidine rings is 1. The van der Waals surface area contributed by atoms with Crippen LogP contribution in [0.15, 0.2) is 36.7 Å². The second kappa shape index (κ2) is 11.7. The number of piperazine rings is 1. The lowest BCUT2D eigenvalue weighted by molar-refractivity contribution is -0.140. The molecule has 34 heavy (non-hydrogen) atoms. The number of aromatic nitrogens is 2. The Kier molecular flexibility index (Phi) is 8.45. The van der Waals surface area contributed by atoms with Gasteiger partial charge in [0, 0.05) is 75.7 Å². The smallest absolute Gasteiger partial charge is 0.223 e. The zero-order valence-corrected chi connectivity index (χ0v) is 20.5. The van der Waals surface area contributed by atoms with E-state index in [1.807, 2.05) is 34.2 Å². The van der Waals surface area contributed by atoms with Crippen LogP contribution in [0.5, 0.6) is 5.75 Å². The molecule has 1 N–H and O–H groups in total. The fourth-order valence-corrected chi connectivity index (χ4v) is 4.91. The van der Waals surface area contributed by atoms with Crippen LogP contribution in [0, 0.1) is 5.92 Å². The van der Waals surface area contributed by atoms with E-state index in [0.29, 0.717) is 43.1 Å². The standard InChI is InChI=1S/C25H34ClN5O3/c1-29-10-12-30(13-11-29)25(33)14-20-18-31(24(32)7-2-4-19-16-27-28-17-19)9-8-23(20)34-22-6-3-5-21(26)15-22/h3,5-6,15-17,20,23H,2,4,7-14,18H2,1H3,(H,27,28)/t20-,23-/m0/s1. The van der Waals surface area contributed by atoms with Crippen molar-refractivity contribution in [3.05, 3.63) is 47.2 Å². The maximum atomic E-state index is 13.1. The molecule has 3 heterocycles. The first-order valence-electron chi connectivity index (χ1n) is 12.1. The minimum absolute atomic E-state index is 0.0577. The van der Waals surface area contributed by atoms with Crippen LogP contribution in [0.3, 0.4) is 0 Å². The summed E-state index contributed by atoms with van der Waals surface area (Å²) in [6.07, 6.45) is 6.69. The van der Waals surface area contributed by atoms with E-state index in [1.165, 1.54) is 0 Å². The predicted molar refractivity (Wildman–Crippen MR) is 131 cm³/mol. The molecule has 2 fully saturated rings. The highest BCUT2D eigenvalue weighted by molar-refractivity contribution is 6.30. The van der Waals surface area contributed by atoms with Gasteiger partial charge in [-0.2, -0.15) is 5.10 Å². The molecule has 2 aliphatic heterocycles. The second-order valence-corrected chi connectivity index (χ2v) is 9.79. The topological polar surface area (TPSA) is 81.8 Å². The van der Waals surface area contributed by atoms with E-state index < -0.39 is 0 Å². The number of nitrogens with zero attached hydrogens (tertiary/aromatic N) is 4. The molecular formula is C25H34ClN5O3. The highest BCUT2D eigenvalue weighted by atomic mass is 35.5. The lowest BCUT2D eigenvalue weighted by Crippen LogP contribution is -2.51. The summed E-state index contributed by atoms with van der Waals surface area (Å²) in [5.41, 5.74) is 1.11. The van der Waals surface area contributed by atoms with Gasteiger partial charge in [0.05, 0.1) is 6.20 Å². The summed E-state index contributed by atoms with van der Waals surface area (Å²) in [6, 6.07) is 7.36. The quantitative estimate of drug-likeness (QED) is 0.619. The number of benzene rings is 1. The molecule has 2 amide bonds. The number of amides is 2. The van der Waals surface area contributed by atoms with E-state index in [4.69, 9.17) is 16.3 Å². The molecule has 9 heteroatoms. The van der Waals surface area contributed by atoms with Crippen LogP contribution in [-0.2, 0) is 16.0 Å². The van der Waals surface area contributed by atoms with Crippen molar-refractivity contribution in [2.75, 3.05) is 46.3 Å². The summed E-state index contributed by atoms with van der Waals surface area (Å²) in [7, 11) is 2.08. The summed E-state index contributed by atoms with van der Waals surface area (Å²) < 4.78 is 6.30. The Hall–Kier alpha value is -2.58. The number of aryl methyl sites for hydroxylation is 1. The first-order chi connectivity index (χ1) is 16.5. The summed E-state index contributed by atoms with van der Waals surface area (Å²) in [5, 5.41) is 7.38. The van der Waals surface area contributed by atoms with Gasteiger partial charge in [0.25, 0.3) is 0 Å². The molecule has 2 aliphatic rings. The van der Waals surface area contributed by atoms with Gasteiger partial charge in [-0.1, -0.05) is 17.7 Å². The molecule has 1 aromatic carbocycles. The van der Waals surface area contributed by atoms with E-state index in [-0.39, 0.29) is 23.8 Å². The van der Waals surface area contributed by atoms with Crippen LogP contribution in [0.4, 0.5) is 0 Å². The number of nitrogens with one attached hydrogen (secondary N) is 1. The molecule has 1 aromatic heterocycles. The summed E-state index contributed by atoms with van der Waals surface area (Å²) in [6.45, 7) is 4.45. The number of likely N-dealkylation sites (N-methyl/N-ethyl adjacent to an activating group) is 1. The van der Waals surface area contributed by atoms with Gasteiger partial charge >= 0.3 is 0 Å². The Bertz CT molecular complexity index is 946. The van der Waals surface area contributed by atoms with Crippen molar-refractivity contribution in [1.82, 2.24) is 24.9 Å². The molecule has 2 aromatic rings. The molecular weight excluding hydrogens is 454 g/mol. The Labute approximate surface area is 206 Å². The zero-order chi connectivity index (χ0) is 23.9. The molecule has 2 atom stereocenters. The first-order valence-corrected chi connectivity index (χ1v) is 12.5. The number of carbonyl (C=O) groups excluding carboxylic acids is 2. The van der Waals surface area contributed by atoms with Crippen molar-refractivity contribution >= 4 is 23.4 Å². The molecule has 0 bridgehead atoms. The number of likely N-dealkylation sites (tertiary alicyclic amines) is 1. The number of ether oxygens (including phenoxy) is 1. The Morgan fingerprint density at radius 3 is 2.71 bits per heavy atom. The molecule has 0 unspecified atom stereocenters. The monoisotopic (exact) mass is 487 g/mol. The summed E-state index contributed by atoms with van der Waals surface area (Å²) in [5.74, 6) is 0.931. The van der Waals surface area contributed by atoms with Crippen LogP contribution < -0.4 is 4.74 Å². The third kappa shape index (κ3) is 6.73. The maximum Gasteiger partial charge on any atom is 0.223 e. The largest absolute Gasteiger partial charge is 0.490 e. The van der Waals surface area contributed by atoms with Crippen molar-refractivity contribution in [2.45, 2.75) is 38.2 Å². The van der Waals surface area contributed by atoms with Crippen molar-refractivity contribution in [3.8, 4) is 5.75 Å². The van der Waals surface area contributed by atoms with Crippen molar-refractivity contribution < 1.29 is 14.3 Å². The van der Waals surface area contributed by atoms with Gasteiger partial charge in [-0.3, -0.25) is 14.7 Å². The van der Waals surface area contributed by atoms with Crippen molar-refractivity contribution in [1.29, 1.82) is 0 Å². The van der Waals surface area contributed by atoms with Gasteiger partial charge < -0.3 is 19.4 Å². The average molecular weight is 488 g/mol. The van der Waals surface area contributed by atoms with Crippen molar-refractivity contribution in [3.63, 3.8) is 0 Å². The van der Waals surface area contributed by atoms with E-state index >= 15 is 0 Å². The minimum Gasteiger partial charge on any atom is -0.490 e. The molecule has 0 spiro atoms. The van der Waals surface area contributed by atoms with Gasteiger partial charge in [0.15, 0.2) is 0 Å². The highest BCUT2D eigenvalue weighted by Gasteiger charge is 2.35. The number of aromatic amines is 1. The number of carbonyl (C=O) groups is 2. The Balaban J connectivity index is 1.38.